The quantitative estimate of drug-likeness (QED) is 0.325. The summed E-state index contributed by atoms with van der Waals surface area (Å²) >= 11 is 7.96. The third-order valence-electron chi connectivity index (χ3n) is 4.56. The van der Waals surface area contributed by atoms with Crippen LogP contribution in [0.2, 0.25) is 5.02 Å². The molecule has 0 saturated carbocycles. The zero-order valence-corrected chi connectivity index (χ0v) is 15.1. The third-order valence-corrected chi connectivity index (χ3v) is 5.86. The van der Waals surface area contributed by atoms with E-state index in [1.807, 2.05) is 54.6 Å². The number of aromatic nitrogens is 1. The molecule has 0 radical (unpaired) electrons. The summed E-state index contributed by atoms with van der Waals surface area (Å²) in [5.41, 5.74) is 3.82. The molecule has 0 saturated heterocycles. The van der Waals surface area contributed by atoms with Crippen LogP contribution in [0, 0.1) is 11.3 Å². The molecule has 2 heterocycles. The number of fused-ring (bicyclic) bond motifs is 4. The molecule has 0 aliphatic rings. The lowest BCUT2D eigenvalue weighted by molar-refractivity contribution is 1.50. The molecular weight excluding hydrogens is 360 g/mol. The van der Waals surface area contributed by atoms with Gasteiger partial charge in [-0.2, -0.15) is 5.26 Å². The van der Waals surface area contributed by atoms with E-state index in [0.717, 1.165) is 42.3 Å². The van der Waals surface area contributed by atoms with Gasteiger partial charge in [0.05, 0.1) is 17.1 Å². The lowest BCUT2D eigenvalue weighted by Gasteiger charge is -2.10. The van der Waals surface area contributed by atoms with Gasteiger partial charge < -0.3 is 0 Å². The Kier molecular flexibility index (Phi) is 3.43. The van der Waals surface area contributed by atoms with Gasteiger partial charge in [-0.25, -0.2) is 4.98 Å². The fourth-order valence-corrected chi connectivity index (χ4v) is 4.67. The smallest absolute Gasteiger partial charge is 0.125 e. The molecule has 0 aliphatic heterocycles. The molecule has 0 spiro atoms. The Morgan fingerprint density at radius 1 is 0.923 bits per heavy atom. The van der Waals surface area contributed by atoms with Crippen LogP contribution in [0.5, 0.6) is 0 Å². The molecule has 0 fully saturated rings. The Morgan fingerprint density at radius 3 is 2.58 bits per heavy atom. The van der Waals surface area contributed by atoms with Crippen LogP contribution in [0.15, 0.2) is 66.7 Å². The topological polar surface area (TPSA) is 36.7 Å². The van der Waals surface area contributed by atoms with Gasteiger partial charge in [-0.15, -0.1) is 11.3 Å². The number of halogens is 1. The average Bonchev–Trinajstić information content (AvgIpc) is 3.04. The van der Waals surface area contributed by atoms with E-state index in [2.05, 4.69) is 18.2 Å². The molecule has 5 rings (SSSR count). The third kappa shape index (κ3) is 2.28. The normalized spacial score (nSPS) is 11.2. The molecule has 0 bridgehead atoms. The molecular formula is C22H11ClN2S. The predicted molar refractivity (Wildman–Crippen MR) is 110 cm³/mol. The number of rotatable bonds is 1. The summed E-state index contributed by atoms with van der Waals surface area (Å²) in [6.45, 7) is 0. The first kappa shape index (κ1) is 15.3. The summed E-state index contributed by atoms with van der Waals surface area (Å²) in [5, 5.41) is 13.2. The van der Waals surface area contributed by atoms with Gasteiger partial charge in [-0.3, -0.25) is 0 Å². The maximum atomic E-state index is 9.32. The highest BCUT2D eigenvalue weighted by molar-refractivity contribution is 7.25. The molecule has 2 aromatic heterocycles. The highest BCUT2D eigenvalue weighted by Gasteiger charge is 2.17. The summed E-state index contributed by atoms with van der Waals surface area (Å²) in [5.74, 6) is 0. The summed E-state index contributed by atoms with van der Waals surface area (Å²) in [4.78, 5) is 5.85. The number of pyridine rings is 1. The lowest BCUT2D eigenvalue weighted by Crippen LogP contribution is -1.87. The summed E-state index contributed by atoms with van der Waals surface area (Å²) in [7, 11) is 0. The van der Waals surface area contributed by atoms with Gasteiger partial charge in [0, 0.05) is 31.4 Å². The zero-order valence-electron chi connectivity index (χ0n) is 13.5. The van der Waals surface area contributed by atoms with Gasteiger partial charge in [0.15, 0.2) is 0 Å². The van der Waals surface area contributed by atoms with E-state index in [-0.39, 0.29) is 0 Å². The van der Waals surface area contributed by atoms with E-state index in [1.54, 1.807) is 11.3 Å². The fraction of sp³-hybridized carbons (Fsp3) is 0. The first-order chi connectivity index (χ1) is 12.7. The Balaban J connectivity index is 2.06. The fourth-order valence-electron chi connectivity index (χ4n) is 3.43. The Hall–Kier alpha value is -2.93. The lowest BCUT2D eigenvalue weighted by atomic mass is 9.96. The molecule has 26 heavy (non-hydrogen) atoms. The highest BCUT2D eigenvalue weighted by atomic mass is 35.5. The van der Waals surface area contributed by atoms with Gasteiger partial charge in [-0.1, -0.05) is 41.9 Å². The van der Waals surface area contributed by atoms with E-state index in [9.17, 15) is 5.26 Å². The molecule has 5 aromatic rings. The second-order valence-electron chi connectivity index (χ2n) is 6.12. The van der Waals surface area contributed by atoms with Gasteiger partial charge in [-0.05, 0) is 42.0 Å². The molecule has 0 N–H and O–H groups in total. The van der Waals surface area contributed by atoms with E-state index in [1.165, 1.54) is 0 Å². The molecule has 0 unspecified atom stereocenters. The van der Waals surface area contributed by atoms with Gasteiger partial charge in [0.25, 0.3) is 0 Å². The minimum atomic E-state index is 0.655. The van der Waals surface area contributed by atoms with Crippen LogP contribution < -0.4 is 0 Å². The number of hydrogen-bond acceptors (Lipinski definition) is 3. The van der Waals surface area contributed by atoms with Crippen molar-refractivity contribution in [3.8, 4) is 17.2 Å². The number of nitriles is 1. The average molecular weight is 371 g/mol. The predicted octanol–water partition coefficient (Wildman–Crippen LogP) is 6.79. The summed E-state index contributed by atoms with van der Waals surface area (Å²) in [6, 6.07) is 24.2. The first-order valence-electron chi connectivity index (χ1n) is 8.15. The Morgan fingerprint density at radius 2 is 1.77 bits per heavy atom. The molecule has 0 amide bonds. The Bertz CT molecular complexity index is 1350. The highest BCUT2D eigenvalue weighted by Crippen LogP contribution is 2.43. The monoisotopic (exact) mass is 370 g/mol. The van der Waals surface area contributed by atoms with Gasteiger partial charge in [0.1, 0.15) is 4.83 Å². The van der Waals surface area contributed by atoms with Crippen molar-refractivity contribution in [3.63, 3.8) is 0 Å². The van der Waals surface area contributed by atoms with Crippen molar-refractivity contribution in [3.05, 3.63) is 77.3 Å². The minimum absolute atomic E-state index is 0.655. The van der Waals surface area contributed by atoms with Crippen LogP contribution in [0.3, 0.4) is 0 Å². The number of nitrogens with zero attached hydrogens (tertiary/aromatic N) is 2. The van der Waals surface area contributed by atoms with E-state index in [4.69, 9.17) is 16.6 Å². The van der Waals surface area contributed by atoms with Crippen LogP contribution in [-0.2, 0) is 0 Å². The number of thiophene rings is 1. The van der Waals surface area contributed by atoms with Crippen LogP contribution in [0.1, 0.15) is 5.56 Å². The summed E-state index contributed by atoms with van der Waals surface area (Å²) in [6.07, 6.45) is 0. The van der Waals surface area contributed by atoms with Crippen LogP contribution in [0.4, 0.5) is 0 Å². The van der Waals surface area contributed by atoms with Gasteiger partial charge >= 0.3 is 0 Å². The molecule has 122 valence electrons. The van der Waals surface area contributed by atoms with Crippen molar-refractivity contribution in [2.75, 3.05) is 0 Å². The Labute approximate surface area is 158 Å². The molecule has 0 atom stereocenters. The second-order valence-corrected chi connectivity index (χ2v) is 7.59. The standard InChI is InChI=1S/C22H11ClN2S/c23-15-7-8-18-16(11-15)20(14-4-2-1-3-5-14)21-17-10-13(12-24)6-9-19(17)26-22(21)25-18/h1-11H. The molecule has 2 nitrogen and oxygen atoms in total. The second kappa shape index (κ2) is 5.81. The molecule has 3 aromatic carbocycles. The van der Waals surface area contributed by atoms with Crippen LogP contribution in [0.25, 0.3) is 42.3 Å². The van der Waals surface area contributed by atoms with E-state index in [0.29, 0.717) is 10.6 Å². The van der Waals surface area contributed by atoms with Crippen molar-refractivity contribution < 1.29 is 0 Å². The SMILES string of the molecule is N#Cc1ccc2sc3nc4ccc(Cl)cc4c(-c4ccccc4)c3c2c1. The largest absolute Gasteiger partial charge is 0.237 e. The van der Waals surface area contributed by atoms with E-state index < -0.39 is 0 Å². The van der Waals surface area contributed by atoms with Crippen molar-refractivity contribution in [1.29, 1.82) is 5.26 Å². The maximum absolute atomic E-state index is 9.32. The van der Waals surface area contributed by atoms with E-state index >= 15 is 0 Å². The van der Waals surface area contributed by atoms with Crippen molar-refractivity contribution >= 4 is 54.1 Å². The summed E-state index contributed by atoms with van der Waals surface area (Å²) < 4.78 is 1.13. The van der Waals surface area contributed by atoms with Crippen molar-refractivity contribution in [2.24, 2.45) is 0 Å². The maximum Gasteiger partial charge on any atom is 0.125 e. The van der Waals surface area contributed by atoms with Crippen molar-refractivity contribution in [1.82, 2.24) is 4.98 Å². The first-order valence-corrected chi connectivity index (χ1v) is 9.35. The number of hydrogen-bond donors (Lipinski definition) is 0. The van der Waals surface area contributed by atoms with Crippen molar-refractivity contribution in [2.45, 2.75) is 0 Å². The van der Waals surface area contributed by atoms with Crippen LogP contribution in [-0.4, -0.2) is 4.98 Å². The minimum Gasteiger partial charge on any atom is -0.237 e. The molecule has 4 heteroatoms. The number of benzene rings is 3. The molecule has 0 aliphatic carbocycles. The van der Waals surface area contributed by atoms with Crippen LogP contribution >= 0.6 is 22.9 Å². The van der Waals surface area contributed by atoms with Gasteiger partial charge in [0.2, 0.25) is 0 Å². The zero-order chi connectivity index (χ0) is 17.7.